The summed E-state index contributed by atoms with van der Waals surface area (Å²) >= 11 is 3.25. The van der Waals surface area contributed by atoms with Crippen molar-refractivity contribution in [2.75, 3.05) is 12.3 Å². The predicted octanol–water partition coefficient (Wildman–Crippen LogP) is 2.11. The summed E-state index contributed by atoms with van der Waals surface area (Å²) in [7, 11) is 0. The highest BCUT2D eigenvalue weighted by molar-refractivity contribution is 8.01. The molecular weight excluding hydrogens is 332 g/mol. The third-order valence-electron chi connectivity index (χ3n) is 3.13. The van der Waals surface area contributed by atoms with E-state index in [-0.39, 0.29) is 5.91 Å². The number of aryl methyl sites for hydroxylation is 2. The topological polar surface area (TPSA) is 85.1 Å². The lowest BCUT2D eigenvalue weighted by Gasteiger charge is -2.05. The zero-order valence-corrected chi connectivity index (χ0v) is 14.4. The summed E-state index contributed by atoms with van der Waals surface area (Å²) in [6.07, 6.45) is 4.32. The van der Waals surface area contributed by atoms with Gasteiger partial charge in [-0.05, 0) is 26.3 Å². The number of thioether (sulfide) groups is 1. The minimum absolute atomic E-state index is 0.125. The molecule has 9 heteroatoms. The molecule has 0 aliphatic rings. The standard InChI is InChI=1S/C14H16N6OS2/c1-9-11(20-7-3-5-16-13(20)17-9)12(21)15-6-4-8-22-14-19-18-10(2)23-14/h3,5,7H,4,6,8H2,1-2H3,(H,15,21). The van der Waals surface area contributed by atoms with Crippen molar-refractivity contribution in [3.05, 3.63) is 34.9 Å². The fourth-order valence-corrected chi connectivity index (χ4v) is 3.95. The van der Waals surface area contributed by atoms with Crippen molar-refractivity contribution in [3.8, 4) is 0 Å². The van der Waals surface area contributed by atoms with Gasteiger partial charge in [-0.15, -0.1) is 10.2 Å². The predicted molar refractivity (Wildman–Crippen MR) is 90.0 cm³/mol. The third kappa shape index (κ3) is 3.67. The molecule has 0 bridgehead atoms. The van der Waals surface area contributed by atoms with E-state index >= 15 is 0 Å². The van der Waals surface area contributed by atoms with Crippen LogP contribution >= 0.6 is 23.1 Å². The molecule has 0 aliphatic carbocycles. The van der Waals surface area contributed by atoms with Crippen LogP contribution in [0.15, 0.2) is 22.8 Å². The average molecular weight is 348 g/mol. The smallest absolute Gasteiger partial charge is 0.270 e. The van der Waals surface area contributed by atoms with Crippen LogP contribution in [-0.4, -0.2) is 42.8 Å². The van der Waals surface area contributed by atoms with E-state index in [0.717, 1.165) is 21.5 Å². The second kappa shape index (κ2) is 7.05. The Morgan fingerprint density at radius 2 is 2.26 bits per heavy atom. The summed E-state index contributed by atoms with van der Waals surface area (Å²) in [5.41, 5.74) is 1.22. The number of hydrogen-bond donors (Lipinski definition) is 1. The quantitative estimate of drug-likeness (QED) is 0.542. The Hall–Kier alpha value is -2.00. The van der Waals surface area contributed by atoms with Crippen LogP contribution in [0.3, 0.4) is 0 Å². The summed E-state index contributed by atoms with van der Waals surface area (Å²) in [5, 5.41) is 11.9. The van der Waals surface area contributed by atoms with Crippen molar-refractivity contribution in [1.82, 2.24) is 29.9 Å². The summed E-state index contributed by atoms with van der Waals surface area (Å²) in [4.78, 5) is 20.8. The van der Waals surface area contributed by atoms with Gasteiger partial charge < -0.3 is 5.32 Å². The van der Waals surface area contributed by atoms with E-state index in [9.17, 15) is 4.79 Å². The first-order valence-corrected chi connectivity index (χ1v) is 8.96. The molecule has 0 radical (unpaired) electrons. The molecule has 0 saturated heterocycles. The Kier molecular flexibility index (Phi) is 4.87. The number of hydrogen-bond acceptors (Lipinski definition) is 7. The molecule has 23 heavy (non-hydrogen) atoms. The minimum Gasteiger partial charge on any atom is -0.351 e. The average Bonchev–Trinajstić information content (AvgIpc) is 3.09. The van der Waals surface area contributed by atoms with Gasteiger partial charge in [0, 0.05) is 24.7 Å². The number of rotatable bonds is 6. The van der Waals surface area contributed by atoms with Gasteiger partial charge in [-0.2, -0.15) is 0 Å². The van der Waals surface area contributed by atoms with Gasteiger partial charge in [-0.25, -0.2) is 9.97 Å². The van der Waals surface area contributed by atoms with E-state index in [4.69, 9.17) is 0 Å². The highest BCUT2D eigenvalue weighted by Gasteiger charge is 2.16. The molecule has 0 aromatic carbocycles. The number of nitrogens with zero attached hydrogens (tertiary/aromatic N) is 5. The first kappa shape index (κ1) is 15.9. The maximum absolute atomic E-state index is 12.4. The van der Waals surface area contributed by atoms with Crippen LogP contribution in [0.2, 0.25) is 0 Å². The molecule has 0 saturated carbocycles. The summed E-state index contributed by atoms with van der Waals surface area (Å²) < 4.78 is 2.68. The van der Waals surface area contributed by atoms with Crippen LogP contribution < -0.4 is 5.32 Å². The molecule has 3 heterocycles. The van der Waals surface area contributed by atoms with Gasteiger partial charge in [0.25, 0.3) is 5.91 Å². The lowest BCUT2D eigenvalue weighted by atomic mass is 10.3. The van der Waals surface area contributed by atoms with Crippen molar-refractivity contribution < 1.29 is 4.79 Å². The molecular formula is C14H16N6OS2. The fourth-order valence-electron chi connectivity index (χ4n) is 2.13. The number of carbonyl (C=O) groups excluding carboxylic acids is 1. The molecule has 0 aliphatic heterocycles. The molecule has 0 spiro atoms. The molecule has 0 fully saturated rings. The van der Waals surface area contributed by atoms with Crippen LogP contribution in [0.1, 0.15) is 27.6 Å². The SMILES string of the molecule is Cc1nnc(SCCCNC(=O)c2c(C)nc3ncccn23)s1. The lowest BCUT2D eigenvalue weighted by Crippen LogP contribution is -2.26. The van der Waals surface area contributed by atoms with Gasteiger partial charge in [0.15, 0.2) is 4.34 Å². The van der Waals surface area contributed by atoms with Gasteiger partial charge >= 0.3 is 0 Å². The Morgan fingerprint density at radius 1 is 1.39 bits per heavy atom. The van der Waals surface area contributed by atoms with Crippen LogP contribution in [0.5, 0.6) is 0 Å². The normalized spacial score (nSPS) is 11.0. The van der Waals surface area contributed by atoms with E-state index in [0.29, 0.717) is 23.7 Å². The molecule has 3 aromatic rings. The molecule has 3 aromatic heterocycles. The van der Waals surface area contributed by atoms with Crippen molar-refractivity contribution in [2.45, 2.75) is 24.6 Å². The largest absolute Gasteiger partial charge is 0.351 e. The molecule has 7 nitrogen and oxygen atoms in total. The van der Waals surface area contributed by atoms with Gasteiger partial charge in [0.05, 0.1) is 5.69 Å². The Morgan fingerprint density at radius 3 is 3.04 bits per heavy atom. The maximum atomic E-state index is 12.4. The van der Waals surface area contributed by atoms with Gasteiger partial charge in [-0.3, -0.25) is 9.20 Å². The van der Waals surface area contributed by atoms with E-state index in [1.807, 2.05) is 13.8 Å². The minimum atomic E-state index is -0.125. The van der Waals surface area contributed by atoms with E-state index in [1.54, 1.807) is 46.0 Å². The maximum Gasteiger partial charge on any atom is 0.270 e. The number of fused-ring (bicyclic) bond motifs is 1. The van der Waals surface area contributed by atoms with Crippen LogP contribution in [0.25, 0.3) is 5.78 Å². The van der Waals surface area contributed by atoms with E-state index in [2.05, 4.69) is 25.5 Å². The van der Waals surface area contributed by atoms with E-state index in [1.165, 1.54) is 0 Å². The molecule has 120 valence electrons. The number of aromatic nitrogens is 5. The zero-order valence-electron chi connectivity index (χ0n) is 12.8. The molecule has 3 rings (SSSR count). The number of carbonyl (C=O) groups is 1. The number of nitrogens with one attached hydrogen (secondary N) is 1. The Labute approximate surface area is 141 Å². The zero-order chi connectivity index (χ0) is 16.2. The summed E-state index contributed by atoms with van der Waals surface area (Å²) in [5.74, 6) is 1.31. The van der Waals surface area contributed by atoms with Crippen molar-refractivity contribution in [1.29, 1.82) is 0 Å². The first-order valence-electron chi connectivity index (χ1n) is 7.16. The second-order valence-electron chi connectivity index (χ2n) is 4.88. The monoisotopic (exact) mass is 348 g/mol. The Balaban J connectivity index is 1.52. The first-order chi connectivity index (χ1) is 11.1. The molecule has 1 N–H and O–H groups in total. The number of imidazole rings is 1. The fraction of sp³-hybridized carbons (Fsp3) is 0.357. The lowest BCUT2D eigenvalue weighted by molar-refractivity contribution is 0.0947. The molecule has 0 unspecified atom stereocenters. The van der Waals surface area contributed by atoms with Crippen LogP contribution in [0.4, 0.5) is 0 Å². The summed E-state index contributed by atoms with van der Waals surface area (Å²) in [6.45, 7) is 4.36. The highest BCUT2D eigenvalue weighted by atomic mass is 32.2. The van der Waals surface area contributed by atoms with Crippen LogP contribution in [0, 0.1) is 13.8 Å². The van der Waals surface area contributed by atoms with Gasteiger partial charge in [-0.1, -0.05) is 23.1 Å². The highest BCUT2D eigenvalue weighted by Crippen LogP contribution is 2.22. The van der Waals surface area contributed by atoms with Crippen molar-refractivity contribution in [2.24, 2.45) is 0 Å². The van der Waals surface area contributed by atoms with Crippen molar-refractivity contribution in [3.63, 3.8) is 0 Å². The Bertz CT molecular complexity index is 828. The van der Waals surface area contributed by atoms with Crippen molar-refractivity contribution >= 4 is 34.8 Å². The van der Waals surface area contributed by atoms with Gasteiger partial charge in [0.2, 0.25) is 5.78 Å². The number of amides is 1. The van der Waals surface area contributed by atoms with E-state index < -0.39 is 0 Å². The second-order valence-corrected chi connectivity index (χ2v) is 7.40. The molecule has 0 atom stereocenters. The third-order valence-corrected chi connectivity index (χ3v) is 5.19. The molecule has 1 amide bonds. The van der Waals surface area contributed by atoms with Gasteiger partial charge in [0.1, 0.15) is 10.7 Å². The van der Waals surface area contributed by atoms with Crippen LogP contribution in [-0.2, 0) is 0 Å². The summed E-state index contributed by atoms with van der Waals surface area (Å²) in [6, 6.07) is 1.78.